The molecule has 0 bridgehead atoms. The zero-order valence-corrected chi connectivity index (χ0v) is 11.4. The topological polar surface area (TPSA) is 9.23 Å². The first-order valence-electron chi connectivity index (χ1n) is 5.07. The summed E-state index contributed by atoms with van der Waals surface area (Å²) in [6.07, 6.45) is 0. The van der Waals surface area contributed by atoms with E-state index in [1.807, 2.05) is 0 Å². The molecule has 2 aromatic carbocycles. The first kappa shape index (κ1) is 13.5. The van der Waals surface area contributed by atoms with Gasteiger partial charge in [0.05, 0.1) is 5.02 Å². The van der Waals surface area contributed by atoms with Gasteiger partial charge in [-0.15, -0.1) is 11.6 Å². The minimum absolute atomic E-state index is 0.0102. The van der Waals surface area contributed by atoms with Gasteiger partial charge in [0, 0.05) is 17.0 Å². The van der Waals surface area contributed by atoms with Crippen molar-refractivity contribution in [1.82, 2.24) is 0 Å². The van der Waals surface area contributed by atoms with Gasteiger partial charge in [0.25, 0.3) is 0 Å². The van der Waals surface area contributed by atoms with E-state index < -0.39 is 5.82 Å². The van der Waals surface area contributed by atoms with Crippen LogP contribution in [-0.4, -0.2) is 0 Å². The molecule has 0 fully saturated rings. The Balaban J connectivity index is 2.23. The molecule has 0 unspecified atom stereocenters. The third-order valence-electron chi connectivity index (χ3n) is 2.30. The van der Waals surface area contributed by atoms with Crippen molar-refractivity contribution in [2.24, 2.45) is 0 Å². The Morgan fingerprint density at radius 2 is 1.56 bits per heavy atom. The molecule has 0 aliphatic carbocycles. The fourth-order valence-corrected chi connectivity index (χ4v) is 2.09. The summed E-state index contributed by atoms with van der Waals surface area (Å²) in [4.78, 5) is 0. The van der Waals surface area contributed by atoms with E-state index in [9.17, 15) is 4.39 Å². The average molecular weight is 306 g/mol. The van der Waals surface area contributed by atoms with Crippen LogP contribution in [0.15, 0.2) is 36.4 Å². The quantitative estimate of drug-likeness (QED) is 0.664. The SMILES string of the molecule is Fc1ccc(Oc2ccc(CCl)c(Cl)c2)cc1Cl. The molecule has 2 aromatic rings. The summed E-state index contributed by atoms with van der Waals surface area (Å²) < 4.78 is 18.5. The van der Waals surface area contributed by atoms with E-state index in [4.69, 9.17) is 39.5 Å². The van der Waals surface area contributed by atoms with Crippen LogP contribution in [0, 0.1) is 5.82 Å². The molecule has 5 heteroatoms. The van der Waals surface area contributed by atoms with Gasteiger partial charge in [0.2, 0.25) is 0 Å². The van der Waals surface area contributed by atoms with Crippen LogP contribution in [0.5, 0.6) is 11.5 Å². The van der Waals surface area contributed by atoms with Crippen molar-refractivity contribution in [3.05, 3.63) is 57.8 Å². The minimum Gasteiger partial charge on any atom is -0.457 e. The average Bonchev–Trinajstić information content (AvgIpc) is 2.34. The standard InChI is InChI=1S/C13H8Cl3FO/c14-7-8-1-2-9(5-11(8)15)18-10-3-4-13(17)12(16)6-10/h1-6H,7H2. The first-order chi connectivity index (χ1) is 8.60. The van der Waals surface area contributed by atoms with E-state index in [0.717, 1.165) is 5.56 Å². The second-order valence-corrected chi connectivity index (χ2v) is 4.65. The van der Waals surface area contributed by atoms with Gasteiger partial charge in [-0.1, -0.05) is 29.3 Å². The number of benzene rings is 2. The van der Waals surface area contributed by atoms with Crippen molar-refractivity contribution in [1.29, 1.82) is 0 Å². The zero-order chi connectivity index (χ0) is 13.1. The highest BCUT2D eigenvalue weighted by atomic mass is 35.5. The third-order valence-corrected chi connectivity index (χ3v) is 3.22. The summed E-state index contributed by atoms with van der Waals surface area (Å²) in [6.45, 7) is 0. The summed E-state index contributed by atoms with van der Waals surface area (Å²) in [6, 6.07) is 9.30. The fraction of sp³-hybridized carbons (Fsp3) is 0.0769. The normalized spacial score (nSPS) is 10.4. The van der Waals surface area contributed by atoms with Gasteiger partial charge in [-0.3, -0.25) is 0 Å². The molecule has 0 amide bonds. The lowest BCUT2D eigenvalue weighted by Gasteiger charge is -2.08. The molecule has 0 atom stereocenters. The second kappa shape index (κ2) is 5.79. The number of hydrogen-bond acceptors (Lipinski definition) is 1. The molecule has 2 rings (SSSR count). The predicted octanol–water partition coefficient (Wildman–Crippen LogP) is 5.66. The molecule has 0 spiro atoms. The number of hydrogen-bond donors (Lipinski definition) is 0. The van der Waals surface area contributed by atoms with Crippen LogP contribution in [0.3, 0.4) is 0 Å². The Bertz CT molecular complexity index is 572. The second-order valence-electron chi connectivity index (χ2n) is 3.56. The van der Waals surface area contributed by atoms with E-state index in [0.29, 0.717) is 22.4 Å². The van der Waals surface area contributed by atoms with Crippen molar-refractivity contribution in [2.45, 2.75) is 5.88 Å². The smallest absolute Gasteiger partial charge is 0.142 e. The highest BCUT2D eigenvalue weighted by Crippen LogP contribution is 2.29. The molecule has 0 heterocycles. The zero-order valence-electron chi connectivity index (χ0n) is 9.09. The molecule has 0 aliphatic heterocycles. The Morgan fingerprint density at radius 3 is 2.11 bits per heavy atom. The Morgan fingerprint density at radius 1 is 0.944 bits per heavy atom. The van der Waals surface area contributed by atoms with Crippen LogP contribution >= 0.6 is 34.8 Å². The summed E-state index contributed by atoms with van der Waals surface area (Å²) in [5.74, 6) is 0.828. The minimum atomic E-state index is -0.487. The van der Waals surface area contributed by atoms with Crippen molar-refractivity contribution in [3.8, 4) is 11.5 Å². The summed E-state index contributed by atoms with van der Waals surface area (Å²) in [5.41, 5.74) is 0.822. The number of rotatable bonds is 3. The van der Waals surface area contributed by atoms with Crippen molar-refractivity contribution in [3.63, 3.8) is 0 Å². The Hall–Kier alpha value is -0.960. The van der Waals surface area contributed by atoms with Gasteiger partial charge in [-0.05, 0) is 29.8 Å². The first-order valence-corrected chi connectivity index (χ1v) is 6.36. The van der Waals surface area contributed by atoms with Crippen LogP contribution in [-0.2, 0) is 5.88 Å². The van der Waals surface area contributed by atoms with Gasteiger partial charge < -0.3 is 4.74 Å². The molecular weight excluding hydrogens is 297 g/mol. The van der Waals surface area contributed by atoms with Gasteiger partial charge in [0.15, 0.2) is 0 Å². The molecule has 94 valence electrons. The third kappa shape index (κ3) is 3.08. The van der Waals surface area contributed by atoms with Crippen LogP contribution in [0.1, 0.15) is 5.56 Å². The maximum atomic E-state index is 13.0. The molecule has 18 heavy (non-hydrogen) atoms. The van der Waals surface area contributed by atoms with Crippen LogP contribution < -0.4 is 4.74 Å². The molecule has 0 aliphatic rings. The number of alkyl halides is 1. The van der Waals surface area contributed by atoms with Crippen LogP contribution in [0.2, 0.25) is 10.0 Å². The molecule has 0 aromatic heterocycles. The van der Waals surface area contributed by atoms with E-state index in [-0.39, 0.29) is 5.02 Å². The van der Waals surface area contributed by atoms with Crippen molar-refractivity contribution >= 4 is 34.8 Å². The lowest BCUT2D eigenvalue weighted by molar-refractivity contribution is 0.480. The maximum Gasteiger partial charge on any atom is 0.142 e. The predicted molar refractivity (Wildman–Crippen MR) is 72.5 cm³/mol. The summed E-state index contributed by atoms with van der Waals surface area (Å²) in [5, 5.41) is 0.534. The van der Waals surface area contributed by atoms with Crippen molar-refractivity contribution < 1.29 is 9.13 Å². The van der Waals surface area contributed by atoms with Gasteiger partial charge in [-0.25, -0.2) is 4.39 Å². The van der Waals surface area contributed by atoms with Gasteiger partial charge in [0.1, 0.15) is 17.3 Å². The fourth-order valence-electron chi connectivity index (χ4n) is 1.38. The van der Waals surface area contributed by atoms with Crippen molar-refractivity contribution in [2.75, 3.05) is 0 Å². The lowest BCUT2D eigenvalue weighted by atomic mass is 10.2. The highest BCUT2D eigenvalue weighted by Gasteiger charge is 2.05. The molecule has 0 N–H and O–H groups in total. The largest absolute Gasteiger partial charge is 0.457 e. The summed E-state index contributed by atoms with van der Waals surface area (Å²) in [7, 11) is 0. The lowest BCUT2D eigenvalue weighted by Crippen LogP contribution is -1.87. The molecular formula is C13H8Cl3FO. The maximum absolute atomic E-state index is 13.0. The Kier molecular flexibility index (Phi) is 4.33. The van der Waals surface area contributed by atoms with E-state index in [1.165, 1.54) is 18.2 Å². The molecule has 0 saturated heterocycles. The van der Waals surface area contributed by atoms with Crippen LogP contribution in [0.25, 0.3) is 0 Å². The Labute approximate surface area is 119 Å². The van der Waals surface area contributed by atoms with Gasteiger partial charge in [-0.2, -0.15) is 0 Å². The number of ether oxygens (including phenoxy) is 1. The van der Waals surface area contributed by atoms with E-state index >= 15 is 0 Å². The molecule has 0 radical (unpaired) electrons. The highest BCUT2D eigenvalue weighted by molar-refractivity contribution is 6.32. The van der Waals surface area contributed by atoms with E-state index in [1.54, 1.807) is 18.2 Å². The number of halogens is 4. The molecule has 0 saturated carbocycles. The monoisotopic (exact) mass is 304 g/mol. The van der Waals surface area contributed by atoms with Gasteiger partial charge >= 0.3 is 0 Å². The van der Waals surface area contributed by atoms with Crippen LogP contribution in [0.4, 0.5) is 4.39 Å². The molecule has 1 nitrogen and oxygen atoms in total. The van der Waals surface area contributed by atoms with E-state index in [2.05, 4.69) is 0 Å². The summed E-state index contributed by atoms with van der Waals surface area (Å²) >= 11 is 17.4.